The lowest BCUT2D eigenvalue weighted by Gasteiger charge is -2.35. The van der Waals surface area contributed by atoms with Crippen molar-refractivity contribution < 1.29 is 14.2 Å². The Hall–Kier alpha value is -0.330. The summed E-state index contributed by atoms with van der Waals surface area (Å²) in [5, 5.41) is 0. The molecular weight excluding hydrogens is 310 g/mol. The average Bonchev–Trinajstić information content (AvgIpc) is 2.77. The fraction of sp³-hybridized carbons (Fsp3) is 0.733. The van der Waals surface area contributed by atoms with Crippen LogP contribution in [0.2, 0.25) is 4.34 Å². The smallest absolute Gasteiger partial charge is 0.146 e. The highest BCUT2D eigenvalue weighted by atomic mass is 35.5. The lowest BCUT2D eigenvalue weighted by atomic mass is 10.1. The Kier molecular flexibility index (Phi) is 6.76. The van der Waals surface area contributed by atoms with Crippen LogP contribution in [-0.2, 0) is 20.8 Å². The number of nitrogens with zero attached hydrogens (tertiary/aromatic N) is 1. The van der Waals surface area contributed by atoms with Crippen LogP contribution in [-0.4, -0.2) is 39.7 Å². The number of hydrogen-bond acceptors (Lipinski definition) is 5. The van der Waals surface area contributed by atoms with E-state index in [0.717, 1.165) is 36.9 Å². The minimum Gasteiger partial charge on any atom is -0.381 e. The van der Waals surface area contributed by atoms with Gasteiger partial charge in [-0.05, 0) is 32.3 Å². The molecule has 0 N–H and O–H groups in total. The molecule has 0 bridgehead atoms. The van der Waals surface area contributed by atoms with Gasteiger partial charge in [0.05, 0.1) is 12.3 Å². The quantitative estimate of drug-likeness (QED) is 0.560. The van der Waals surface area contributed by atoms with Crippen molar-refractivity contribution in [3.05, 3.63) is 14.8 Å². The molecule has 2 heterocycles. The Balaban J connectivity index is 2.16. The first-order valence-corrected chi connectivity index (χ1v) is 8.57. The van der Waals surface area contributed by atoms with E-state index >= 15 is 0 Å². The Morgan fingerprint density at radius 2 is 2.10 bits per heavy atom. The molecule has 4 nitrogen and oxygen atoms in total. The van der Waals surface area contributed by atoms with Crippen LogP contribution in [0.5, 0.6) is 0 Å². The first-order valence-electron chi connectivity index (χ1n) is 7.37. The third kappa shape index (κ3) is 4.11. The summed E-state index contributed by atoms with van der Waals surface area (Å²) >= 11 is 8.13. The van der Waals surface area contributed by atoms with Gasteiger partial charge in [-0.15, -0.1) is 11.3 Å². The summed E-state index contributed by atoms with van der Waals surface area (Å²) in [6.07, 6.45) is 2.13. The molecule has 21 heavy (non-hydrogen) atoms. The molecule has 1 aromatic rings. The molecule has 120 valence electrons. The molecule has 1 aromatic heterocycles. The third-order valence-corrected chi connectivity index (χ3v) is 5.32. The van der Waals surface area contributed by atoms with Gasteiger partial charge in [0, 0.05) is 37.8 Å². The van der Waals surface area contributed by atoms with Crippen molar-refractivity contribution in [2.24, 2.45) is 0 Å². The maximum Gasteiger partial charge on any atom is 0.146 e. The van der Waals surface area contributed by atoms with E-state index in [1.54, 1.807) is 18.4 Å². The number of methoxy groups -OCH3 is 1. The van der Waals surface area contributed by atoms with Gasteiger partial charge in [-0.1, -0.05) is 11.6 Å². The average molecular weight is 334 g/mol. The van der Waals surface area contributed by atoms with E-state index < -0.39 is 0 Å². The predicted octanol–water partition coefficient (Wildman–Crippen LogP) is 3.84. The number of thiophene rings is 1. The fourth-order valence-electron chi connectivity index (χ4n) is 2.79. The number of halogens is 1. The van der Waals surface area contributed by atoms with Crippen molar-refractivity contribution in [2.45, 2.75) is 39.3 Å². The minimum atomic E-state index is 0.307. The lowest BCUT2D eigenvalue weighted by molar-refractivity contribution is -0.0382. The Morgan fingerprint density at radius 1 is 1.38 bits per heavy atom. The maximum atomic E-state index is 6.51. The van der Waals surface area contributed by atoms with E-state index in [0.29, 0.717) is 19.4 Å². The summed E-state index contributed by atoms with van der Waals surface area (Å²) in [4.78, 5) is 3.61. The molecule has 2 rings (SSSR count). The number of anilines is 1. The van der Waals surface area contributed by atoms with Crippen LogP contribution in [0.25, 0.3) is 0 Å². The van der Waals surface area contributed by atoms with Crippen molar-refractivity contribution in [1.29, 1.82) is 0 Å². The van der Waals surface area contributed by atoms with Crippen LogP contribution < -0.4 is 4.90 Å². The zero-order valence-corrected chi connectivity index (χ0v) is 14.6. The molecule has 0 atom stereocenters. The summed E-state index contributed by atoms with van der Waals surface area (Å²) < 4.78 is 16.7. The van der Waals surface area contributed by atoms with Gasteiger partial charge in [0.15, 0.2) is 0 Å². The van der Waals surface area contributed by atoms with Gasteiger partial charge in [0.25, 0.3) is 0 Å². The number of rotatable bonds is 7. The largest absolute Gasteiger partial charge is 0.381 e. The Labute approximate surface area is 135 Å². The van der Waals surface area contributed by atoms with E-state index in [2.05, 4.69) is 18.7 Å². The summed E-state index contributed by atoms with van der Waals surface area (Å²) in [7, 11) is 1.63. The summed E-state index contributed by atoms with van der Waals surface area (Å²) in [5.41, 5.74) is 2.40. The molecule has 1 saturated heterocycles. The molecule has 1 aliphatic rings. The first-order chi connectivity index (χ1) is 10.2. The molecule has 0 unspecified atom stereocenters. The van der Waals surface area contributed by atoms with Crippen molar-refractivity contribution >= 4 is 28.6 Å². The molecule has 0 saturated carbocycles. The van der Waals surface area contributed by atoms with Crippen molar-refractivity contribution in [3.63, 3.8) is 0 Å². The Bertz CT molecular complexity index is 446. The van der Waals surface area contributed by atoms with Crippen LogP contribution in [0.1, 0.15) is 30.2 Å². The minimum absolute atomic E-state index is 0.307. The molecule has 0 spiro atoms. The van der Waals surface area contributed by atoms with Gasteiger partial charge in [-0.25, -0.2) is 0 Å². The zero-order chi connectivity index (χ0) is 15.2. The topological polar surface area (TPSA) is 30.9 Å². The normalized spacial score (nSPS) is 16.4. The van der Waals surface area contributed by atoms with Gasteiger partial charge in [0.1, 0.15) is 11.1 Å². The van der Waals surface area contributed by atoms with E-state index in [-0.39, 0.29) is 0 Å². The molecule has 0 radical (unpaired) electrons. The maximum absolute atomic E-state index is 6.51. The van der Waals surface area contributed by atoms with Crippen LogP contribution >= 0.6 is 22.9 Å². The van der Waals surface area contributed by atoms with Gasteiger partial charge >= 0.3 is 0 Å². The van der Waals surface area contributed by atoms with Crippen molar-refractivity contribution in [3.8, 4) is 0 Å². The second kappa shape index (κ2) is 8.34. The van der Waals surface area contributed by atoms with Crippen molar-refractivity contribution in [1.82, 2.24) is 0 Å². The summed E-state index contributed by atoms with van der Waals surface area (Å²) in [6.45, 7) is 7.81. The molecule has 0 aromatic carbocycles. The Morgan fingerprint density at radius 3 is 2.71 bits per heavy atom. The van der Waals surface area contributed by atoms with E-state index in [4.69, 9.17) is 25.8 Å². The van der Waals surface area contributed by atoms with Gasteiger partial charge in [0.2, 0.25) is 0 Å². The van der Waals surface area contributed by atoms with Crippen LogP contribution in [0.3, 0.4) is 0 Å². The second-order valence-corrected chi connectivity index (χ2v) is 6.86. The van der Waals surface area contributed by atoms with E-state index in [1.807, 2.05) is 0 Å². The van der Waals surface area contributed by atoms with Crippen LogP contribution in [0, 0.1) is 6.92 Å². The van der Waals surface area contributed by atoms with Crippen LogP contribution in [0.15, 0.2) is 0 Å². The van der Waals surface area contributed by atoms with E-state index in [9.17, 15) is 0 Å². The lowest BCUT2D eigenvalue weighted by Crippen LogP contribution is -2.39. The zero-order valence-electron chi connectivity index (χ0n) is 13.0. The molecule has 0 amide bonds. The molecule has 6 heteroatoms. The highest BCUT2D eigenvalue weighted by Crippen LogP contribution is 2.41. The van der Waals surface area contributed by atoms with Gasteiger partial charge < -0.3 is 19.1 Å². The molecule has 1 fully saturated rings. The molecular formula is C15H24ClNO3S. The van der Waals surface area contributed by atoms with Gasteiger partial charge in [-0.3, -0.25) is 0 Å². The fourth-order valence-corrected chi connectivity index (χ4v) is 4.30. The van der Waals surface area contributed by atoms with Crippen molar-refractivity contribution in [2.75, 3.05) is 38.6 Å². The van der Waals surface area contributed by atoms with Crippen LogP contribution in [0.4, 0.5) is 5.69 Å². The monoisotopic (exact) mass is 333 g/mol. The molecule has 1 aliphatic heterocycles. The van der Waals surface area contributed by atoms with E-state index in [1.165, 1.54) is 16.1 Å². The number of hydrogen-bond donors (Lipinski definition) is 0. The first kappa shape index (κ1) is 17.0. The molecule has 0 aliphatic carbocycles. The third-order valence-electron chi connectivity index (χ3n) is 3.87. The highest BCUT2D eigenvalue weighted by molar-refractivity contribution is 7.17. The second-order valence-electron chi connectivity index (χ2n) is 5.16. The SMILES string of the molecule is CCN(c1c(Cl)sc(COCOC)c1C)C1CCOCC1. The summed E-state index contributed by atoms with van der Waals surface area (Å²) in [5.74, 6) is 0. The standard InChI is InChI=1S/C15H24ClNO3S/c1-4-17(12-5-7-19-8-6-12)14-11(2)13(21-15(14)16)9-20-10-18-3/h12H,4-10H2,1-3H3. The number of ether oxygens (including phenoxy) is 3. The highest BCUT2D eigenvalue weighted by Gasteiger charge is 2.26. The predicted molar refractivity (Wildman–Crippen MR) is 87.6 cm³/mol. The van der Waals surface area contributed by atoms with Gasteiger partial charge in [-0.2, -0.15) is 0 Å². The summed E-state index contributed by atoms with van der Waals surface area (Å²) in [6, 6.07) is 0.516.